The Balaban J connectivity index is 3.30. The summed E-state index contributed by atoms with van der Waals surface area (Å²) < 4.78 is 50.7. The second-order valence-electron chi connectivity index (χ2n) is 4.28. The summed E-state index contributed by atoms with van der Waals surface area (Å²) in [7, 11) is 0. The molecule has 0 aliphatic heterocycles. The molecule has 0 aliphatic carbocycles. The molecular formula is C11H13F4N. The molecule has 1 aromatic carbocycles. The lowest BCUT2D eigenvalue weighted by molar-refractivity contribution is -0.137. The van der Waals surface area contributed by atoms with Gasteiger partial charge in [-0.15, -0.1) is 0 Å². The number of alkyl halides is 3. The minimum Gasteiger partial charge on any atom is -0.330 e. The van der Waals surface area contributed by atoms with Gasteiger partial charge >= 0.3 is 6.18 Å². The van der Waals surface area contributed by atoms with Gasteiger partial charge in [0.05, 0.1) is 5.56 Å². The standard InChI is InChI=1S/C11H13F4N/c1-10(2,6-16)8-5-7(11(13,14)15)3-4-9(8)12/h3-5H,6,16H2,1-2H3. The molecule has 0 heterocycles. The summed E-state index contributed by atoms with van der Waals surface area (Å²) in [6.45, 7) is 3.28. The minimum absolute atomic E-state index is 0.00942. The van der Waals surface area contributed by atoms with Crippen LogP contribution in [0.3, 0.4) is 0 Å². The van der Waals surface area contributed by atoms with Crippen LogP contribution in [0.1, 0.15) is 25.0 Å². The van der Waals surface area contributed by atoms with Gasteiger partial charge in [-0.2, -0.15) is 13.2 Å². The zero-order chi connectivity index (χ0) is 12.6. The maximum absolute atomic E-state index is 13.4. The molecular weight excluding hydrogens is 222 g/mol. The van der Waals surface area contributed by atoms with Crippen LogP contribution in [0.25, 0.3) is 0 Å². The minimum atomic E-state index is -4.47. The molecule has 1 nitrogen and oxygen atoms in total. The van der Waals surface area contributed by atoms with Gasteiger partial charge in [0.25, 0.3) is 0 Å². The van der Waals surface area contributed by atoms with Crippen LogP contribution in [0.2, 0.25) is 0 Å². The molecule has 0 radical (unpaired) electrons. The van der Waals surface area contributed by atoms with Crippen molar-refractivity contribution in [2.45, 2.75) is 25.4 Å². The largest absolute Gasteiger partial charge is 0.416 e. The number of halogens is 4. The first-order valence-corrected chi connectivity index (χ1v) is 4.76. The van der Waals surface area contributed by atoms with E-state index in [9.17, 15) is 17.6 Å². The number of rotatable bonds is 2. The molecule has 0 unspecified atom stereocenters. The summed E-state index contributed by atoms with van der Waals surface area (Å²) in [5.74, 6) is -0.663. The molecule has 0 spiro atoms. The Morgan fingerprint density at radius 3 is 2.19 bits per heavy atom. The van der Waals surface area contributed by atoms with Gasteiger partial charge in [0, 0.05) is 12.0 Å². The highest BCUT2D eigenvalue weighted by molar-refractivity contribution is 5.32. The van der Waals surface area contributed by atoms with Crippen LogP contribution in [0.15, 0.2) is 18.2 Å². The highest BCUT2D eigenvalue weighted by atomic mass is 19.4. The Kier molecular flexibility index (Phi) is 3.28. The quantitative estimate of drug-likeness (QED) is 0.783. The second kappa shape index (κ2) is 4.05. The highest BCUT2D eigenvalue weighted by Gasteiger charge is 2.33. The van der Waals surface area contributed by atoms with Gasteiger partial charge in [0.15, 0.2) is 0 Å². The number of hydrogen-bond donors (Lipinski definition) is 1. The average Bonchev–Trinajstić information content (AvgIpc) is 2.16. The Morgan fingerprint density at radius 1 is 1.19 bits per heavy atom. The van der Waals surface area contributed by atoms with Crippen molar-refractivity contribution in [2.24, 2.45) is 5.73 Å². The van der Waals surface area contributed by atoms with Gasteiger partial charge < -0.3 is 5.73 Å². The van der Waals surface area contributed by atoms with Gasteiger partial charge in [0.1, 0.15) is 5.82 Å². The maximum Gasteiger partial charge on any atom is 0.416 e. The number of benzene rings is 1. The van der Waals surface area contributed by atoms with Crippen molar-refractivity contribution >= 4 is 0 Å². The lowest BCUT2D eigenvalue weighted by Crippen LogP contribution is -2.29. The van der Waals surface area contributed by atoms with Crippen LogP contribution in [0.5, 0.6) is 0 Å². The summed E-state index contributed by atoms with van der Waals surface area (Å²) in [5, 5.41) is 0. The molecule has 0 saturated heterocycles. The molecule has 0 saturated carbocycles. The van der Waals surface area contributed by atoms with E-state index in [0.717, 1.165) is 18.2 Å². The predicted molar refractivity (Wildman–Crippen MR) is 53.5 cm³/mol. The maximum atomic E-state index is 13.4. The molecule has 1 rings (SSSR count). The van der Waals surface area contributed by atoms with Crippen molar-refractivity contribution in [3.05, 3.63) is 35.1 Å². The van der Waals surface area contributed by atoms with Gasteiger partial charge in [0.2, 0.25) is 0 Å². The Hall–Kier alpha value is -1.10. The van der Waals surface area contributed by atoms with Crippen LogP contribution >= 0.6 is 0 Å². The van der Waals surface area contributed by atoms with Gasteiger partial charge in [-0.05, 0) is 23.8 Å². The van der Waals surface area contributed by atoms with Gasteiger partial charge in [-0.25, -0.2) is 4.39 Å². The van der Waals surface area contributed by atoms with Crippen LogP contribution in [-0.4, -0.2) is 6.54 Å². The summed E-state index contributed by atoms with van der Waals surface area (Å²) in [4.78, 5) is 0. The van der Waals surface area contributed by atoms with Crippen LogP contribution in [0.4, 0.5) is 17.6 Å². The molecule has 90 valence electrons. The predicted octanol–water partition coefficient (Wildman–Crippen LogP) is 3.08. The third kappa shape index (κ3) is 2.52. The SMILES string of the molecule is CC(C)(CN)c1cc(C(F)(F)F)ccc1F. The molecule has 0 aliphatic rings. The van der Waals surface area contributed by atoms with Gasteiger partial charge in [-0.3, -0.25) is 0 Å². The Bertz CT molecular complexity index is 382. The van der Waals surface area contributed by atoms with E-state index in [2.05, 4.69) is 0 Å². The van der Waals surface area contributed by atoms with Crippen LogP contribution in [0, 0.1) is 5.82 Å². The third-order valence-electron chi connectivity index (χ3n) is 2.53. The van der Waals surface area contributed by atoms with Crippen molar-refractivity contribution in [3.8, 4) is 0 Å². The number of hydrogen-bond acceptors (Lipinski definition) is 1. The normalized spacial score (nSPS) is 12.9. The summed E-state index contributed by atoms with van der Waals surface area (Å²) in [6, 6.07) is 2.38. The van der Waals surface area contributed by atoms with E-state index in [1.807, 2.05) is 0 Å². The van der Waals surface area contributed by atoms with Crippen molar-refractivity contribution < 1.29 is 17.6 Å². The first-order chi connectivity index (χ1) is 7.18. The topological polar surface area (TPSA) is 26.0 Å². The second-order valence-corrected chi connectivity index (χ2v) is 4.28. The third-order valence-corrected chi connectivity index (χ3v) is 2.53. The Morgan fingerprint density at radius 2 is 1.75 bits per heavy atom. The van der Waals surface area contributed by atoms with E-state index in [4.69, 9.17) is 5.73 Å². The molecule has 2 N–H and O–H groups in total. The van der Waals surface area contributed by atoms with E-state index in [-0.39, 0.29) is 12.1 Å². The van der Waals surface area contributed by atoms with E-state index >= 15 is 0 Å². The molecule has 0 bridgehead atoms. The monoisotopic (exact) mass is 235 g/mol. The zero-order valence-corrected chi connectivity index (χ0v) is 9.03. The van der Waals surface area contributed by atoms with Crippen LogP contribution in [-0.2, 0) is 11.6 Å². The number of nitrogens with two attached hydrogens (primary N) is 1. The zero-order valence-electron chi connectivity index (χ0n) is 9.03. The summed E-state index contributed by atoms with van der Waals surface area (Å²) in [6.07, 6.45) is -4.47. The van der Waals surface area contributed by atoms with E-state index in [1.165, 1.54) is 0 Å². The molecule has 0 atom stereocenters. The van der Waals surface area contributed by atoms with E-state index < -0.39 is 23.0 Å². The van der Waals surface area contributed by atoms with Crippen molar-refractivity contribution in [1.82, 2.24) is 0 Å². The lowest BCUT2D eigenvalue weighted by atomic mass is 9.83. The molecule has 16 heavy (non-hydrogen) atoms. The summed E-state index contributed by atoms with van der Waals surface area (Å²) >= 11 is 0. The molecule has 5 heteroatoms. The fourth-order valence-corrected chi connectivity index (χ4v) is 1.33. The first-order valence-electron chi connectivity index (χ1n) is 4.76. The van der Waals surface area contributed by atoms with Crippen molar-refractivity contribution in [3.63, 3.8) is 0 Å². The fourth-order valence-electron chi connectivity index (χ4n) is 1.33. The van der Waals surface area contributed by atoms with Gasteiger partial charge in [-0.1, -0.05) is 13.8 Å². The smallest absolute Gasteiger partial charge is 0.330 e. The molecule has 0 amide bonds. The van der Waals surface area contributed by atoms with E-state index in [0.29, 0.717) is 0 Å². The van der Waals surface area contributed by atoms with Crippen molar-refractivity contribution in [1.29, 1.82) is 0 Å². The average molecular weight is 235 g/mol. The summed E-state index contributed by atoms with van der Waals surface area (Å²) in [5.41, 5.74) is 3.74. The van der Waals surface area contributed by atoms with Crippen molar-refractivity contribution in [2.75, 3.05) is 6.54 Å². The Labute approximate surface area is 91.3 Å². The molecule has 1 aromatic rings. The lowest BCUT2D eigenvalue weighted by Gasteiger charge is -2.24. The van der Waals surface area contributed by atoms with Crippen LogP contribution < -0.4 is 5.73 Å². The molecule has 0 aromatic heterocycles. The molecule has 0 fully saturated rings. The first kappa shape index (κ1) is 13.0. The highest BCUT2D eigenvalue weighted by Crippen LogP contribution is 2.33. The fraction of sp³-hybridized carbons (Fsp3) is 0.455. The van der Waals surface area contributed by atoms with E-state index in [1.54, 1.807) is 13.8 Å².